The molecule has 4 rings (SSSR count). The van der Waals surface area contributed by atoms with E-state index >= 15 is 0 Å². The molecule has 0 unspecified atom stereocenters. The number of amides is 1. The number of pyridine rings is 1. The van der Waals surface area contributed by atoms with Crippen LogP contribution in [0, 0.1) is 5.41 Å². The number of carbonyl (C=O) groups is 1. The molecule has 0 aliphatic carbocycles. The van der Waals surface area contributed by atoms with Crippen LogP contribution in [0.5, 0.6) is 0 Å². The van der Waals surface area contributed by atoms with Gasteiger partial charge in [0.25, 0.3) is 11.5 Å². The zero-order chi connectivity index (χ0) is 27.4. The first-order valence-electron chi connectivity index (χ1n) is 11.6. The molecule has 1 heterocycles. The quantitative estimate of drug-likeness (QED) is 0.255. The molecule has 0 bridgehead atoms. The summed E-state index contributed by atoms with van der Waals surface area (Å²) in [6, 6.07) is 20.5. The Morgan fingerprint density at radius 3 is 2.37 bits per heavy atom. The van der Waals surface area contributed by atoms with E-state index in [0.29, 0.717) is 33.6 Å². The van der Waals surface area contributed by atoms with Crippen molar-refractivity contribution in [1.82, 2.24) is 4.57 Å². The van der Waals surface area contributed by atoms with Crippen molar-refractivity contribution >= 4 is 49.9 Å². The number of hydrogen-bond acceptors (Lipinski definition) is 6. The summed E-state index contributed by atoms with van der Waals surface area (Å²) in [5.74, 6) is -0.334. The maximum Gasteiger partial charge on any atom is 0.258 e. The highest BCUT2D eigenvalue weighted by molar-refractivity contribution is 7.92. The van der Waals surface area contributed by atoms with Crippen LogP contribution in [-0.4, -0.2) is 31.4 Å². The van der Waals surface area contributed by atoms with Crippen molar-refractivity contribution in [2.45, 2.75) is 13.5 Å². The van der Waals surface area contributed by atoms with Gasteiger partial charge in [-0.3, -0.25) is 14.3 Å². The van der Waals surface area contributed by atoms with E-state index in [1.807, 2.05) is 18.2 Å². The van der Waals surface area contributed by atoms with Gasteiger partial charge in [-0.2, -0.15) is 0 Å². The average Bonchev–Trinajstić information content (AvgIpc) is 2.86. The molecule has 0 saturated carbocycles. The van der Waals surface area contributed by atoms with Gasteiger partial charge in [-0.25, -0.2) is 8.42 Å². The Hall–Kier alpha value is -4.70. The van der Waals surface area contributed by atoms with E-state index in [0.717, 1.165) is 22.8 Å². The first-order chi connectivity index (χ1) is 18.0. The molecule has 4 aromatic rings. The number of sulfonamides is 1. The van der Waals surface area contributed by atoms with Crippen LogP contribution < -0.4 is 21.3 Å². The number of carbonyl (C=O) groups excluding carboxylic acids is 1. The fourth-order valence-electron chi connectivity index (χ4n) is 4.05. The monoisotopic (exact) mass is 529 g/mol. The normalized spacial score (nSPS) is 12.1. The number of nitrogens with zero attached hydrogens (tertiary/aromatic N) is 1. The third kappa shape index (κ3) is 6.16. The van der Waals surface area contributed by atoms with Crippen LogP contribution >= 0.6 is 0 Å². The summed E-state index contributed by atoms with van der Waals surface area (Å²) in [7, 11) is -3.39. The zero-order valence-electron chi connectivity index (χ0n) is 20.9. The molecule has 0 aliphatic heterocycles. The van der Waals surface area contributed by atoms with E-state index in [9.17, 15) is 18.0 Å². The van der Waals surface area contributed by atoms with E-state index in [1.54, 1.807) is 72.3 Å². The fourth-order valence-corrected chi connectivity index (χ4v) is 4.62. The molecule has 1 aromatic heterocycles. The maximum atomic E-state index is 13.2. The Bertz CT molecular complexity index is 1740. The summed E-state index contributed by atoms with van der Waals surface area (Å²) in [6.07, 6.45) is 3.97. The first kappa shape index (κ1) is 26.4. The third-order valence-corrected chi connectivity index (χ3v) is 6.45. The van der Waals surface area contributed by atoms with Crippen LogP contribution in [0.1, 0.15) is 28.4 Å². The van der Waals surface area contributed by atoms with Crippen LogP contribution in [0.25, 0.3) is 16.3 Å². The molecule has 0 aliphatic rings. The minimum atomic E-state index is -3.39. The largest absolute Gasteiger partial charge is 0.402 e. The van der Waals surface area contributed by atoms with E-state index in [4.69, 9.17) is 11.1 Å². The summed E-state index contributed by atoms with van der Waals surface area (Å²) < 4.78 is 26.7. The second-order valence-electron chi connectivity index (χ2n) is 8.90. The summed E-state index contributed by atoms with van der Waals surface area (Å²) in [6.45, 7) is 2.00. The van der Waals surface area contributed by atoms with Gasteiger partial charge in [0.15, 0.2) is 0 Å². The fraction of sp³-hybridized carbons (Fsp3) is 0.107. The molecule has 194 valence electrons. The minimum absolute atomic E-state index is 0.170. The smallest absolute Gasteiger partial charge is 0.258 e. The lowest BCUT2D eigenvalue weighted by Crippen LogP contribution is -2.20. The number of allylic oxidation sites excluding steroid dienone is 2. The van der Waals surface area contributed by atoms with Gasteiger partial charge in [0, 0.05) is 46.0 Å². The third-order valence-electron chi connectivity index (χ3n) is 5.85. The van der Waals surface area contributed by atoms with Crippen LogP contribution in [0.2, 0.25) is 0 Å². The zero-order valence-corrected chi connectivity index (χ0v) is 21.7. The highest BCUT2D eigenvalue weighted by atomic mass is 32.2. The minimum Gasteiger partial charge on any atom is -0.402 e. The number of rotatable bonds is 8. The van der Waals surface area contributed by atoms with Crippen molar-refractivity contribution in [2.75, 3.05) is 16.3 Å². The van der Waals surface area contributed by atoms with Crippen molar-refractivity contribution in [3.05, 3.63) is 112 Å². The lowest BCUT2D eigenvalue weighted by atomic mass is 10.0. The average molecular weight is 530 g/mol. The van der Waals surface area contributed by atoms with Gasteiger partial charge < -0.3 is 21.0 Å². The van der Waals surface area contributed by atoms with Crippen molar-refractivity contribution in [3.8, 4) is 0 Å². The molecule has 38 heavy (non-hydrogen) atoms. The maximum absolute atomic E-state index is 13.2. The van der Waals surface area contributed by atoms with Crippen LogP contribution in [0.3, 0.4) is 0 Å². The lowest BCUT2D eigenvalue weighted by molar-refractivity contribution is 0.102. The molecule has 10 heteroatoms. The standard InChI is InChI=1S/C28H27N5O4S/c1-18(30)26(16-29)20-6-11-25-21(15-20)12-13-33(28(25)35)17-19-4-3-5-22(14-19)27(34)31-23-7-9-24(10-8-23)32-38(2,36)37/h3-16,29,32H,17,30H2,1-2H3,(H,31,34)/b26-18+,29-16?. The molecular formula is C28H27N5O4S. The second kappa shape index (κ2) is 10.7. The van der Waals surface area contributed by atoms with Crippen molar-refractivity contribution < 1.29 is 13.2 Å². The predicted octanol–water partition coefficient (Wildman–Crippen LogP) is 4.01. The van der Waals surface area contributed by atoms with Gasteiger partial charge in [0.05, 0.1) is 12.8 Å². The molecule has 0 radical (unpaired) electrons. The Kier molecular flexibility index (Phi) is 7.45. The van der Waals surface area contributed by atoms with Gasteiger partial charge in [0.1, 0.15) is 0 Å². The van der Waals surface area contributed by atoms with Gasteiger partial charge in [-0.05, 0) is 78.0 Å². The van der Waals surface area contributed by atoms with Crippen molar-refractivity contribution in [1.29, 1.82) is 5.41 Å². The number of hydrogen-bond donors (Lipinski definition) is 4. The number of nitrogens with two attached hydrogens (primary N) is 1. The Morgan fingerprint density at radius 2 is 1.71 bits per heavy atom. The first-order valence-corrected chi connectivity index (χ1v) is 13.5. The molecule has 9 nitrogen and oxygen atoms in total. The second-order valence-corrected chi connectivity index (χ2v) is 10.6. The van der Waals surface area contributed by atoms with Gasteiger partial charge >= 0.3 is 0 Å². The van der Waals surface area contributed by atoms with E-state index < -0.39 is 10.0 Å². The molecule has 0 fully saturated rings. The number of aromatic nitrogens is 1. The summed E-state index contributed by atoms with van der Waals surface area (Å²) in [5.41, 5.74) is 9.70. The van der Waals surface area contributed by atoms with Gasteiger partial charge in [-0.1, -0.05) is 18.2 Å². The molecule has 1 amide bonds. The lowest BCUT2D eigenvalue weighted by Gasteiger charge is -2.11. The van der Waals surface area contributed by atoms with Crippen molar-refractivity contribution in [2.24, 2.45) is 5.73 Å². The van der Waals surface area contributed by atoms with E-state index in [-0.39, 0.29) is 18.0 Å². The van der Waals surface area contributed by atoms with E-state index in [2.05, 4.69) is 10.0 Å². The summed E-state index contributed by atoms with van der Waals surface area (Å²) in [4.78, 5) is 26.0. The number of nitrogens with one attached hydrogen (secondary N) is 3. The number of anilines is 2. The topological polar surface area (TPSA) is 147 Å². The molecule has 0 atom stereocenters. The van der Waals surface area contributed by atoms with Crippen LogP contribution in [0.4, 0.5) is 11.4 Å². The van der Waals surface area contributed by atoms with Gasteiger partial charge in [-0.15, -0.1) is 0 Å². The molecular weight excluding hydrogens is 502 g/mol. The van der Waals surface area contributed by atoms with Crippen LogP contribution in [-0.2, 0) is 16.6 Å². The Labute approximate surface area is 220 Å². The van der Waals surface area contributed by atoms with Crippen molar-refractivity contribution in [3.63, 3.8) is 0 Å². The Balaban J connectivity index is 1.52. The summed E-state index contributed by atoms with van der Waals surface area (Å²) in [5, 5.41) is 11.7. The highest BCUT2D eigenvalue weighted by Gasteiger charge is 2.10. The molecule has 0 saturated heterocycles. The van der Waals surface area contributed by atoms with Gasteiger partial charge in [0.2, 0.25) is 10.0 Å². The molecule has 0 spiro atoms. The number of fused-ring (bicyclic) bond motifs is 1. The molecule has 5 N–H and O–H groups in total. The summed E-state index contributed by atoms with van der Waals surface area (Å²) >= 11 is 0. The Morgan fingerprint density at radius 1 is 1.00 bits per heavy atom. The highest BCUT2D eigenvalue weighted by Crippen LogP contribution is 2.20. The van der Waals surface area contributed by atoms with E-state index in [1.165, 1.54) is 6.21 Å². The molecule has 3 aromatic carbocycles. The van der Waals surface area contributed by atoms with Crippen LogP contribution in [0.15, 0.2) is 89.5 Å². The predicted molar refractivity (Wildman–Crippen MR) is 152 cm³/mol. The SMILES string of the molecule is C/C(N)=C(/C=N)c1ccc2c(=O)n(Cc3cccc(C(=O)Nc4ccc(NS(C)(=O)=O)cc4)c3)ccc2c1. The number of benzene rings is 3.